The first-order chi connectivity index (χ1) is 16.7. The lowest BCUT2D eigenvalue weighted by atomic mass is 9.82. The maximum Gasteiger partial charge on any atom is 0.140 e. The third-order valence-electron chi connectivity index (χ3n) is 7.12. The molecule has 178 valence electrons. The van der Waals surface area contributed by atoms with Crippen molar-refractivity contribution in [2.45, 2.75) is 50.5 Å². The van der Waals surface area contributed by atoms with Crippen LogP contribution in [0.3, 0.4) is 0 Å². The van der Waals surface area contributed by atoms with Crippen LogP contribution in [0.2, 0.25) is 0 Å². The largest absolute Gasteiger partial charge is 0.378 e. The van der Waals surface area contributed by atoms with E-state index in [-0.39, 0.29) is 5.92 Å². The molecule has 0 spiro atoms. The van der Waals surface area contributed by atoms with Crippen molar-refractivity contribution < 1.29 is 0 Å². The van der Waals surface area contributed by atoms with Gasteiger partial charge in [-0.15, -0.1) is 0 Å². The normalized spacial score (nSPS) is 17.4. The molecule has 6 heteroatoms. The van der Waals surface area contributed by atoms with E-state index in [1.807, 2.05) is 0 Å². The topological polar surface area (TPSA) is 65.1 Å². The number of fused-ring (bicyclic) bond motifs is 2. The Hall–Kier alpha value is -3.12. The van der Waals surface area contributed by atoms with Crippen LogP contribution in [0.15, 0.2) is 54.9 Å². The summed E-state index contributed by atoms with van der Waals surface area (Å²) in [6, 6.07) is 18.1. The van der Waals surface area contributed by atoms with Crippen LogP contribution < -0.4 is 20.9 Å². The summed E-state index contributed by atoms with van der Waals surface area (Å²) in [7, 11) is 4.15. The lowest BCUT2D eigenvalue weighted by Crippen LogP contribution is -2.32. The number of hydrogen-bond acceptors (Lipinski definition) is 6. The van der Waals surface area contributed by atoms with E-state index in [4.69, 9.17) is 0 Å². The summed E-state index contributed by atoms with van der Waals surface area (Å²) in [5.41, 5.74) is 5.93. The molecule has 2 aromatic carbocycles. The Bertz CT molecular complexity index is 1090. The Morgan fingerprint density at radius 3 is 2.53 bits per heavy atom. The highest BCUT2D eigenvalue weighted by Crippen LogP contribution is 2.46. The lowest BCUT2D eigenvalue weighted by molar-refractivity contribution is 0.373. The van der Waals surface area contributed by atoms with Gasteiger partial charge in [-0.3, -0.25) is 0 Å². The standard InChI is InChI=1S/C28H36N6/c1-34(2)22-15-13-20(14-16-22)25-23-11-6-7-12-24(23)33-28-26(25)27(31-19-32-28)30-18-8-17-29-21-9-4-3-5-10-21/h6-7,11-16,19,21,25,29H,3-5,8-10,17-18H2,1-2H3,(H2,30,31,32,33). The first-order valence-corrected chi connectivity index (χ1v) is 12.7. The van der Waals surface area contributed by atoms with Crippen LogP contribution in [-0.2, 0) is 0 Å². The van der Waals surface area contributed by atoms with Crippen LogP contribution in [0.4, 0.5) is 23.0 Å². The Balaban J connectivity index is 1.37. The van der Waals surface area contributed by atoms with Crippen molar-refractivity contribution in [2.75, 3.05) is 42.7 Å². The quantitative estimate of drug-likeness (QED) is 0.304. The molecule has 1 aromatic heterocycles. The second-order valence-corrected chi connectivity index (χ2v) is 9.69. The summed E-state index contributed by atoms with van der Waals surface area (Å²) in [5, 5.41) is 10.9. The van der Waals surface area contributed by atoms with E-state index in [1.54, 1.807) is 6.33 Å². The fraction of sp³-hybridized carbons (Fsp3) is 0.429. The first-order valence-electron chi connectivity index (χ1n) is 12.7. The highest BCUT2D eigenvalue weighted by atomic mass is 15.1. The van der Waals surface area contributed by atoms with E-state index in [0.29, 0.717) is 6.04 Å². The van der Waals surface area contributed by atoms with Crippen molar-refractivity contribution in [2.24, 2.45) is 0 Å². The van der Waals surface area contributed by atoms with Crippen molar-refractivity contribution in [1.29, 1.82) is 0 Å². The number of benzene rings is 2. The molecule has 1 atom stereocenters. The Labute approximate surface area is 203 Å². The van der Waals surface area contributed by atoms with Crippen molar-refractivity contribution in [3.63, 3.8) is 0 Å². The van der Waals surface area contributed by atoms with Crippen LogP contribution >= 0.6 is 0 Å². The summed E-state index contributed by atoms with van der Waals surface area (Å²) in [6.45, 7) is 1.93. The van der Waals surface area contributed by atoms with Gasteiger partial charge in [0.25, 0.3) is 0 Å². The molecule has 5 rings (SSSR count). The minimum atomic E-state index is 0.0766. The molecule has 2 aliphatic rings. The molecule has 1 aliphatic carbocycles. The lowest BCUT2D eigenvalue weighted by Gasteiger charge is -2.30. The molecule has 34 heavy (non-hydrogen) atoms. The molecule has 3 N–H and O–H groups in total. The maximum absolute atomic E-state index is 4.68. The molecule has 0 bridgehead atoms. The minimum Gasteiger partial charge on any atom is -0.378 e. The molecular formula is C28H36N6. The van der Waals surface area contributed by atoms with Gasteiger partial charge in [0.05, 0.1) is 0 Å². The highest BCUT2D eigenvalue weighted by molar-refractivity contribution is 5.77. The van der Waals surface area contributed by atoms with E-state index in [9.17, 15) is 0 Å². The minimum absolute atomic E-state index is 0.0766. The van der Waals surface area contributed by atoms with Gasteiger partial charge < -0.3 is 20.9 Å². The fourth-order valence-electron chi connectivity index (χ4n) is 5.27. The average molecular weight is 457 g/mol. The molecule has 1 fully saturated rings. The van der Waals surface area contributed by atoms with Crippen molar-refractivity contribution >= 4 is 23.0 Å². The SMILES string of the molecule is CN(C)c1ccc(C2c3ccccc3Nc3ncnc(NCCCNC4CCCCC4)c32)cc1. The Morgan fingerprint density at radius 2 is 1.74 bits per heavy atom. The molecule has 1 saturated carbocycles. The van der Waals surface area contributed by atoms with E-state index >= 15 is 0 Å². The summed E-state index contributed by atoms with van der Waals surface area (Å²) in [4.78, 5) is 11.4. The Kier molecular flexibility index (Phi) is 6.95. The second kappa shape index (κ2) is 10.4. The smallest absolute Gasteiger partial charge is 0.140 e. The van der Waals surface area contributed by atoms with Gasteiger partial charge in [-0.1, -0.05) is 49.6 Å². The molecule has 2 heterocycles. The van der Waals surface area contributed by atoms with E-state index in [1.165, 1.54) is 48.9 Å². The zero-order chi connectivity index (χ0) is 23.3. The summed E-state index contributed by atoms with van der Waals surface area (Å²) >= 11 is 0. The molecule has 0 radical (unpaired) electrons. The number of nitrogens with zero attached hydrogens (tertiary/aromatic N) is 3. The van der Waals surface area contributed by atoms with Gasteiger partial charge >= 0.3 is 0 Å². The Morgan fingerprint density at radius 1 is 0.941 bits per heavy atom. The van der Waals surface area contributed by atoms with Crippen LogP contribution in [0.25, 0.3) is 0 Å². The molecule has 3 aromatic rings. The van der Waals surface area contributed by atoms with Gasteiger partial charge in [0.2, 0.25) is 0 Å². The number of para-hydroxylation sites is 1. The van der Waals surface area contributed by atoms with Crippen LogP contribution in [0.5, 0.6) is 0 Å². The van der Waals surface area contributed by atoms with Gasteiger partial charge in [0, 0.05) is 49.5 Å². The van der Waals surface area contributed by atoms with Crippen molar-refractivity contribution in [1.82, 2.24) is 15.3 Å². The molecular weight excluding hydrogens is 420 g/mol. The maximum atomic E-state index is 4.68. The third kappa shape index (κ3) is 4.87. The first kappa shape index (κ1) is 22.7. The van der Waals surface area contributed by atoms with Crippen molar-refractivity contribution in [3.05, 3.63) is 71.5 Å². The number of rotatable bonds is 8. The van der Waals surface area contributed by atoms with E-state index < -0.39 is 0 Å². The third-order valence-corrected chi connectivity index (χ3v) is 7.12. The molecule has 0 saturated heterocycles. The number of anilines is 4. The second-order valence-electron chi connectivity index (χ2n) is 9.69. The van der Waals surface area contributed by atoms with Crippen LogP contribution in [0.1, 0.15) is 61.1 Å². The van der Waals surface area contributed by atoms with Gasteiger partial charge in [0.15, 0.2) is 0 Å². The summed E-state index contributed by atoms with van der Waals surface area (Å²) in [6.07, 6.45) is 9.52. The van der Waals surface area contributed by atoms with Crippen LogP contribution in [-0.4, -0.2) is 43.2 Å². The van der Waals surface area contributed by atoms with Crippen molar-refractivity contribution in [3.8, 4) is 0 Å². The average Bonchev–Trinajstić information content (AvgIpc) is 2.88. The van der Waals surface area contributed by atoms with Gasteiger partial charge in [-0.25, -0.2) is 9.97 Å². The van der Waals surface area contributed by atoms with Gasteiger partial charge in [-0.2, -0.15) is 0 Å². The monoisotopic (exact) mass is 456 g/mol. The van der Waals surface area contributed by atoms with E-state index in [0.717, 1.165) is 42.4 Å². The molecule has 6 nitrogen and oxygen atoms in total. The molecule has 1 aliphatic heterocycles. The molecule has 1 unspecified atom stereocenters. The molecule has 0 amide bonds. The summed E-state index contributed by atoms with van der Waals surface area (Å²) < 4.78 is 0. The highest BCUT2D eigenvalue weighted by Gasteiger charge is 2.31. The van der Waals surface area contributed by atoms with E-state index in [2.05, 4.69) is 93.4 Å². The number of aromatic nitrogens is 2. The van der Waals surface area contributed by atoms with Gasteiger partial charge in [0.1, 0.15) is 18.0 Å². The van der Waals surface area contributed by atoms with Gasteiger partial charge in [-0.05, 0) is 55.1 Å². The predicted octanol–water partition coefficient (Wildman–Crippen LogP) is 5.50. The summed E-state index contributed by atoms with van der Waals surface area (Å²) in [5.74, 6) is 1.89. The zero-order valence-corrected chi connectivity index (χ0v) is 20.3. The predicted molar refractivity (Wildman–Crippen MR) is 141 cm³/mol. The fourth-order valence-corrected chi connectivity index (χ4v) is 5.27. The van der Waals surface area contributed by atoms with Crippen LogP contribution in [0, 0.1) is 0 Å². The number of nitrogens with one attached hydrogen (secondary N) is 3. The zero-order valence-electron chi connectivity index (χ0n) is 20.3. The number of hydrogen-bond donors (Lipinski definition) is 3.